The summed E-state index contributed by atoms with van der Waals surface area (Å²) in [7, 11) is 3.32. The molecule has 0 spiro atoms. The Kier molecular flexibility index (Phi) is 6.26. The molecule has 1 atom stereocenters. The van der Waals surface area contributed by atoms with Crippen molar-refractivity contribution in [1.82, 2.24) is 15.5 Å². The number of methoxy groups -OCH3 is 1. The molecule has 2 rings (SSSR count). The predicted octanol–water partition coefficient (Wildman–Crippen LogP) is 2.23. The molecule has 1 aromatic carbocycles. The second-order valence-corrected chi connectivity index (χ2v) is 4.55. The molecule has 0 radical (unpaired) electrons. The van der Waals surface area contributed by atoms with Gasteiger partial charge in [0.15, 0.2) is 5.82 Å². The lowest BCUT2D eigenvalue weighted by Crippen LogP contribution is -2.24. The number of nitrogens with one attached hydrogen (secondary N) is 1. The molecule has 0 saturated heterocycles. The third-order valence-electron chi connectivity index (χ3n) is 3.07. The quantitative estimate of drug-likeness (QED) is 0.640. The highest BCUT2D eigenvalue weighted by atomic mass is 35.5. The first-order valence-corrected chi connectivity index (χ1v) is 6.37. The molecule has 0 bridgehead atoms. The van der Waals surface area contributed by atoms with Crippen LogP contribution < -0.4 is 10.1 Å². The van der Waals surface area contributed by atoms with Gasteiger partial charge in [-0.15, -0.1) is 12.4 Å². The Hall–Kier alpha value is -2.19. The van der Waals surface area contributed by atoms with Crippen molar-refractivity contribution in [2.45, 2.75) is 19.4 Å². The van der Waals surface area contributed by atoms with Crippen LogP contribution >= 0.6 is 12.4 Å². The number of nitro benzene ring substituents is 1. The molecule has 0 amide bonds. The maximum atomic E-state index is 10.9. The molecular weight excluding hydrogens is 312 g/mol. The van der Waals surface area contributed by atoms with E-state index in [4.69, 9.17) is 9.26 Å². The van der Waals surface area contributed by atoms with Crippen LogP contribution in [-0.2, 0) is 6.42 Å². The molecule has 0 fully saturated rings. The Morgan fingerprint density at radius 3 is 2.82 bits per heavy atom. The number of hydrogen-bond acceptors (Lipinski definition) is 7. The first-order chi connectivity index (χ1) is 10.0. The van der Waals surface area contributed by atoms with Gasteiger partial charge in [-0.1, -0.05) is 5.16 Å². The molecule has 1 aromatic heterocycles. The van der Waals surface area contributed by atoms with Gasteiger partial charge in [0.25, 0.3) is 11.6 Å². The van der Waals surface area contributed by atoms with Crippen LogP contribution in [0.2, 0.25) is 0 Å². The van der Waals surface area contributed by atoms with Gasteiger partial charge in [0.05, 0.1) is 17.6 Å². The van der Waals surface area contributed by atoms with Gasteiger partial charge in [0.1, 0.15) is 5.75 Å². The van der Waals surface area contributed by atoms with E-state index in [-0.39, 0.29) is 30.0 Å². The molecule has 0 aliphatic heterocycles. The molecule has 120 valence electrons. The largest absolute Gasteiger partial charge is 0.496 e. The minimum atomic E-state index is -0.483. The Balaban J connectivity index is 0.00000242. The first-order valence-electron chi connectivity index (χ1n) is 6.37. The minimum absolute atomic E-state index is 0. The summed E-state index contributed by atoms with van der Waals surface area (Å²) in [6.07, 6.45) is 0.594. The van der Waals surface area contributed by atoms with E-state index in [9.17, 15) is 10.1 Å². The summed E-state index contributed by atoms with van der Waals surface area (Å²) in [4.78, 5) is 14.6. The maximum Gasteiger partial charge on any atom is 0.270 e. The third kappa shape index (κ3) is 3.92. The van der Waals surface area contributed by atoms with Gasteiger partial charge in [-0.2, -0.15) is 4.98 Å². The molecule has 8 nitrogen and oxygen atoms in total. The number of non-ortho nitro benzene ring substituents is 1. The number of halogens is 1. The van der Waals surface area contributed by atoms with Crippen LogP contribution in [0.15, 0.2) is 22.7 Å². The first kappa shape index (κ1) is 17.9. The number of ether oxygens (including phenoxy) is 1. The second-order valence-electron chi connectivity index (χ2n) is 4.55. The molecule has 0 saturated carbocycles. The highest BCUT2D eigenvalue weighted by Crippen LogP contribution is 2.32. The summed E-state index contributed by atoms with van der Waals surface area (Å²) in [5, 5.41) is 17.8. The van der Waals surface area contributed by atoms with Crippen LogP contribution in [0.5, 0.6) is 5.75 Å². The van der Waals surface area contributed by atoms with Crippen LogP contribution in [-0.4, -0.2) is 35.3 Å². The van der Waals surface area contributed by atoms with E-state index < -0.39 is 4.92 Å². The zero-order valence-corrected chi connectivity index (χ0v) is 13.2. The fourth-order valence-corrected chi connectivity index (χ4v) is 1.80. The predicted molar refractivity (Wildman–Crippen MR) is 82.4 cm³/mol. The van der Waals surface area contributed by atoms with E-state index >= 15 is 0 Å². The van der Waals surface area contributed by atoms with Gasteiger partial charge in [-0.05, 0) is 20.0 Å². The number of likely N-dealkylation sites (N-methyl/N-ethyl adjacent to an activating group) is 1. The van der Waals surface area contributed by atoms with Crippen LogP contribution in [0, 0.1) is 10.1 Å². The number of hydrogen-bond donors (Lipinski definition) is 1. The Morgan fingerprint density at radius 2 is 2.23 bits per heavy atom. The standard InChI is InChI=1S/C13H16N4O4.ClH/c1-8(14-2)6-12-15-13(21-16-12)10-7-9(17(18)19)4-5-11(10)20-3;/h4-5,7-8,14H,6H2,1-3H3;1H. The molecular formula is C13H17ClN4O4. The fourth-order valence-electron chi connectivity index (χ4n) is 1.80. The van der Waals surface area contributed by atoms with E-state index in [0.29, 0.717) is 23.6 Å². The molecule has 9 heteroatoms. The Bertz CT molecular complexity index is 647. The zero-order valence-electron chi connectivity index (χ0n) is 12.4. The highest BCUT2D eigenvalue weighted by molar-refractivity contribution is 5.85. The SMILES string of the molecule is CNC(C)Cc1noc(-c2cc([N+](=O)[O-])ccc2OC)n1.Cl. The smallest absolute Gasteiger partial charge is 0.270 e. The summed E-state index contributed by atoms with van der Waals surface area (Å²) in [5.41, 5.74) is 0.344. The van der Waals surface area contributed by atoms with Crippen molar-refractivity contribution in [2.24, 2.45) is 0 Å². The average Bonchev–Trinajstić information content (AvgIpc) is 2.94. The number of nitrogens with zero attached hydrogens (tertiary/aromatic N) is 3. The van der Waals surface area contributed by atoms with Gasteiger partial charge in [0.2, 0.25) is 0 Å². The molecule has 2 aromatic rings. The zero-order chi connectivity index (χ0) is 15.4. The Morgan fingerprint density at radius 1 is 1.50 bits per heavy atom. The lowest BCUT2D eigenvalue weighted by molar-refractivity contribution is -0.384. The molecule has 0 aliphatic carbocycles. The van der Waals surface area contributed by atoms with E-state index in [1.165, 1.54) is 25.3 Å². The number of benzene rings is 1. The monoisotopic (exact) mass is 328 g/mol. The summed E-state index contributed by atoms with van der Waals surface area (Å²) >= 11 is 0. The van der Waals surface area contributed by atoms with Crippen LogP contribution in [0.3, 0.4) is 0 Å². The number of aromatic nitrogens is 2. The molecule has 1 N–H and O–H groups in total. The molecule has 22 heavy (non-hydrogen) atoms. The summed E-state index contributed by atoms with van der Waals surface area (Å²) in [5.74, 6) is 1.17. The van der Waals surface area contributed by atoms with Gasteiger partial charge in [-0.3, -0.25) is 10.1 Å². The molecule has 1 unspecified atom stereocenters. The van der Waals surface area contributed by atoms with Crippen molar-refractivity contribution >= 4 is 18.1 Å². The van der Waals surface area contributed by atoms with Crippen molar-refractivity contribution in [3.63, 3.8) is 0 Å². The van der Waals surface area contributed by atoms with Gasteiger partial charge in [-0.25, -0.2) is 0 Å². The summed E-state index contributed by atoms with van der Waals surface area (Å²) < 4.78 is 10.4. The van der Waals surface area contributed by atoms with Gasteiger partial charge >= 0.3 is 0 Å². The summed E-state index contributed by atoms with van der Waals surface area (Å²) in [6.45, 7) is 1.99. The molecule has 1 heterocycles. The average molecular weight is 329 g/mol. The lowest BCUT2D eigenvalue weighted by atomic mass is 10.1. The van der Waals surface area contributed by atoms with Crippen molar-refractivity contribution < 1.29 is 14.2 Å². The van der Waals surface area contributed by atoms with Crippen molar-refractivity contribution in [3.05, 3.63) is 34.1 Å². The number of nitro groups is 1. The van der Waals surface area contributed by atoms with Crippen molar-refractivity contribution in [2.75, 3.05) is 14.2 Å². The van der Waals surface area contributed by atoms with E-state index in [0.717, 1.165) is 0 Å². The van der Waals surface area contributed by atoms with E-state index in [1.807, 2.05) is 14.0 Å². The van der Waals surface area contributed by atoms with Crippen LogP contribution in [0.25, 0.3) is 11.5 Å². The van der Waals surface area contributed by atoms with Crippen molar-refractivity contribution in [1.29, 1.82) is 0 Å². The Labute approximate surface area is 133 Å². The highest BCUT2D eigenvalue weighted by Gasteiger charge is 2.18. The topological polar surface area (TPSA) is 103 Å². The van der Waals surface area contributed by atoms with Crippen LogP contribution in [0.1, 0.15) is 12.7 Å². The van der Waals surface area contributed by atoms with E-state index in [2.05, 4.69) is 15.5 Å². The van der Waals surface area contributed by atoms with Gasteiger partial charge < -0.3 is 14.6 Å². The second kappa shape index (κ2) is 7.71. The van der Waals surface area contributed by atoms with E-state index in [1.54, 1.807) is 0 Å². The maximum absolute atomic E-state index is 10.9. The number of rotatable bonds is 6. The lowest BCUT2D eigenvalue weighted by Gasteiger charge is -2.05. The normalized spacial score (nSPS) is 11.6. The van der Waals surface area contributed by atoms with Crippen LogP contribution in [0.4, 0.5) is 5.69 Å². The fraction of sp³-hybridized carbons (Fsp3) is 0.385. The molecule has 0 aliphatic rings. The van der Waals surface area contributed by atoms with Crippen molar-refractivity contribution in [3.8, 4) is 17.2 Å². The summed E-state index contributed by atoms with van der Waals surface area (Å²) in [6, 6.07) is 4.43. The minimum Gasteiger partial charge on any atom is -0.496 e. The third-order valence-corrected chi connectivity index (χ3v) is 3.07. The van der Waals surface area contributed by atoms with Gasteiger partial charge in [0, 0.05) is 24.6 Å².